The first kappa shape index (κ1) is 13.1. The third-order valence-electron chi connectivity index (χ3n) is 1.83. The van der Waals surface area contributed by atoms with Gasteiger partial charge in [-0.05, 0) is 41.1 Å². The number of carboxylic acids is 1. The molecule has 0 radical (unpaired) electrons. The van der Waals surface area contributed by atoms with Crippen LogP contribution in [0.5, 0.6) is 0 Å². The van der Waals surface area contributed by atoms with Crippen molar-refractivity contribution in [3.8, 4) is 0 Å². The van der Waals surface area contributed by atoms with Crippen molar-refractivity contribution >= 4 is 44.4 Å². The number of hydrogen-bond acceptors (Lipinski definition) is 1. The molecule has 1 aromatic heterocycles. The molecule has 86 valence electrons. The Morgan fingerprint density at radius 3 is 2.62 bits per heavy atom. The summed E-state index contributed by atoms with van der Waals surface area (Å²) >= 11 is 9.38. The molecule has 5 heteroatoms. The van der Waals surface area contributed by atoms with E-state index in [9.17, 15) is 0 Å². The lowest BCUT2D eigenvalue weighted by molar-refractivity contribution is -0.134. The molecule has 0 fully saturated rings. The lowest BCUT2D eigenvalue weighted by atomic mass is 10.2. The van der Waals surface area contributed by atoms with Crippen LogP contribution in [0.15, 0.2) is 22.7 Å². The third-order valence-corrected chi connectivity index (χ3v) is 3.22. The number of fused-ring (bicyclic) bond motifs is 1. The van der Waals surface area contributed by atoms with Gasteiger partial charge >= 0.3 is 0 Å². The highest BCUT2D eigenvalue weighted by Crippen LogP contribution is 2.31. The van der Waals surface area contributed by atoms with Crippen molar-refractivity contribution in [2.24, 2.45) is 0 Å². The van der Waals surface area contributed by atoms with Gasteiger partial charge in [-0.15, -0.1) is 0 Å². The Balaban J connectivity index is 0.000000280. The zero-order valence-electron chi connectivity index (χ0n) is 8.84. The van der Waals surface area contributed by atoms with Crippen LogP contribution in [0.1, 0.15) is 12.6 Å². The van der Waals surface area contributed by atoms with Crippen molar-refractivity contribution in [1.29, 1.82) is 0 Å². The molecule has 2 N–H and O–H groups in total. The standard InChI is InChI=1S/C9H7BrClN.C2H4O2/c1-5-4-6-8(12-5)3-2-7(11)9(6)10;1-2(3)4/h2-4,12H,1H3;1H3,(H,3,4). The first-order chi connectivity index (χ1) is 7.41. The van der Waals surface area contributed by atoms with Crippen LogP contribution < -0.4 is 0 Å². The van der Waals surface area contributed by atoms with Gasteiger partial charge < -0.3 is 10.1 Å². The third kappa shape index (κ3) is 3.25. The summed E-state index contributed by atoms with van der Waals surface area (Å²) in [4.78, 5) is 12.2. The molecule has 1 heterocycles. The Labute approximate surface area is 107 Å². The van der Waals surface area contributed by atoms with Gasteiger partial charge in [0.05, 0.1) is 5.02 Å². The second-order valence-corrected chi connectivity index (χ2v) is 4.49. The number of aromatic amines is 1. The Hall–Kier alpha value is -1.00. The summed E-state index contributed by atoms with van der Waals surface area (Å²) in [5, 5.41) is 9.31. The molecule has 0 spiro atoms. The normalized spacial score (nSPS) is 9.75. The highest BCUT2D eigenvalue weighted by Gasteiger charge is 2.04. The fraction of sp³-hybridized carbons (Fsp3) is 0.182. The van der Waals surface area contributed by atoms with Crippen molar-refractivity contribution < 1.29 is 9.90 Å². The molecule has 0 unspecified atom stereocenters. The SMILES string of the molecule is CC(=O)O.Cc1cc2c(Br)c(Cl)ccc2[nH]1. The van der Waals surface area contributed by atoms with Crippen molar-refractivity contribution in [2.45, 2.75) is 13.8 Å². The first-order valence-electron chi connectivity index (χ1n) is 4.54. The van der Waals surface area contributed by atoms with E-state index in [1.165, 1.54) is 0 Å². The Morgan fingerprint density at radius 1 is 1.50 bits per heavy atom. The van der Waals surface area contributed by atoms with E-state index < -0.39 is 5.97 Å². The summed E-state index contributed by atoms with van der Waals surface area (Å²) in [5.74, 6) is -0.833. The molecule has 2 rings (SSSR count). The molecule has 2 aromatic rings. The number of H-pyrrole nitrogens is 1. The van der Waals surface area contributed by atoms with Crippen molar-refractivity contribution in [2.75, 3.05) is 0 Å². The smallest absolute Gasteiger partial charge is 0.300 e. The van der Waals surface area contributed by atoms with Crippen LogP contribution in [0, 0.1) is 6.92 Å². The fourth-order valence-corrected chi connectivity index (χ4v) is 1.91. The average molecular weight is 305 g/mol. The van der Waals surface area contributed by atoms with E-state index >= 15 is 0 Å². The Bertz CT molecular complexity index is 518. The Kier molecular flexibility index (Phi) is 4.38. The predicted molar refractivity (Wildman–Crippen MR) is 69.1 cm³/mol. The molecular weight excluding hydrogens is 293 g/mol. The van der Waals surface area contributed by atoms with Crippen molar-refractivity contribution in [1.82, 2.24) is 4.98 Å². The molecule has 0 amide bonds. The molecule has 0 saturated heterocycles. The van der Waals surface area contributed by atoms with Crippen LogP contribution in [0.3, 0.4) is 0 Å². The second kappa shape index (κ2) is 5.37. The molecular formula is C11H11BrClNO2. The van der Waals surface area contributed by atoms with Crippen LogP contribution >= 0.6 is 27.5 Å². The minimum Gasteiger partial charge on any atom is -0.481 e. The number of carboxylic acid groups (broad SMARTS) is 1. The average Bonchev–Trinajstić information content (AvgIpc) is 2.53. The van der Waals surface area contributed by atoms with Gasteiger partial charge in [-0.3, -0.25) is 4.79 Å². The topological polar surface area (TPSA) is 53.1 Å². The summed E-state index contributed by atoms with van der Waals surface area (Å²) < 4.78 is 0.964. The molecule has 16 heavy (non-hydrogen) atoms. The van der Waals surface area contributed by atoms with E-state index in [1.807, 2.05) is 19.1 Å². The molecule has 3 nitrogen and oxygen atoms in total. The molecule has 0 aliphatic heterocycles. The van der Waals surface area contributed by atoms with Gasteiger partial charge in [0.1, 0.15) is 0 Å². The van der Waals surface area contributed by atoms with Gasteiger partial charge in [-0.2, -0.15) is 0 Å². The summed E-state index contributed by atoms with van der Waals surface area (Å²) in [6.45, 7) is 3.11. The highest BCUT2D eigenvalue weighted by molar-refractivity contribution is 9.10. The number of aliphatic carboxylic acids is 1. The highest BCUT2D eigenvalue weighted by atomic mass is 79.9. The lowest BCUT2D eigenvalue weighted by Gasteiger charge is -1.95. The van der Waals surface area contributed by atoms with Gasteiger partial charge in [0.25, 0.3) is 5.97 Å². The maximum absolute atomic E-state index is 9.00. The Morgan fingerprint density at radius 2 is 2.06 bits per heavy atom. The zero-order valence-corrected chi connectivity index (χ0v) is 11.2. The van der Waals surface area contributed by atoms with E-state index in [4.69, 9.17) is 21.5 Å². The molecule has 0 aliphatic carbocycles. The summed E-state index contributed by atoms with van der Waals surface area (Å²) in [6, 6.07) is 5.94. The summed E-state index contributed by atoms with van der Waals surface area (Å²) in [5.41, 5.74) is 2.26. The van der Waals surface area contributed by atoms with Crippen LogP contribution in [-0.4, -0.2) is 16.1 Å². The fourth-order valence-electron chi connectivity index (χ4n) is 1.28. The number of carbonyl (C=O) groups is 1. The van der Waals surface area contributed by atoms with E-state index in [2.05, 4.69) is 27.0 Å². The van der Waals surface area contributed by atoms with Crippen LogP contribution in [0.4, 0.5) is 0 Å². The van der Waals surface area contributed by atoms with E-state index in [1.54, 1.807) is 0 Å². The largest absolute Gasteiger partial charge is 0.481 e. The van der Waals surface area contributed by atoms with Gasteiger partial charge in [0.2, 0.25) is 0 Å². The number of aryl methyl sites for hydroxylation is 1. The summed E-state index contributed by atoms with van der Waals surface area (Å²) in [7, 11) is 0. The summed E-state index contributed by atoms with van der Waals surface area (Å²) in [6.07, 6.45) is 0. The van der Waals surface area contributed by atoms with Crippen molar-refractivity contribution in [3.05, 3.63) is 33.4 Å². The number of rotatable bonds is 0. The lowest BCUT2D eigenvalue weighted by Crippen LogP contribution is -1.78. The molecule has 0 saturated carbocycles. The monoisotopic (exact) mass is 303 g/mol. The minimum atomic E-state index is -0.833. The van der Waals surface area contributed by atoms with E-state index in [0.29, 0.717) is 0 Å². The van der Waals surface area contributed by atoms with Crippen LogP contribution in [-0.2, 0) is 4.79 Å². The van der Waals surface area contributed by atoms with E-state index in [-0.39, 0.29) is 0 Å². The molecule has 0 atom stereocenters. The minimum absolute atomic E-state index is 0.751. The second-order valence-electron chi connectivity index (χ2n) is 3.29. The molecule has 0 bridgehead atoms. The first-order valence-corrected chi connectivity index (χ1v) is 5.71. The maximum Gasteiger partial charge on any atom is 0.300 e. The van der Waals surface area contributed by atoms with Gasteiger partial charge in [-0.1, -0.05) is 11.6 Å². The number of hydrogen-bond donors (Lipinski definition) is 2. The van der Waals surface area contributed by atoms with Gasteiger partial charge in [0, 0.05) is 28.0 Å². The van der Waals surface area contributed by atoms with Gasteiger partial charge in [0.15, 0.2) is 0 Å². The molecule has 0 aliphatic rings. The van der Waals surface area contributed by atoms with Gasteiger partial charge in [-0.25, -0.2) is 0 Å². The molecule has 1 aromatic carbocycles. The number of halogens is 2. The predicted octanol–water partition coefficient (Wildman–Crippen LogP) is 3.98. The number of benzene rings is 1. The van der Waals surface area contributed by atoms with E-state index in [0.717, 1.165) is 33.0 Å². The number of aromatic nitrogens is 1. The van der Waals surface area contributed by atoms with Crippen LogP contribution in [0.25, 0.3) is 10.9 Å². The maximum atomic E-state index is 9.00. The number of nitrogens with one attached hydrogen (secondary N) is 1. The zero-order chi connectivity index (χ0) is 12.3. The van der Waals surface area contributed by atoms with Crippen LogP contribution in [0.2, 0.25) is 5.02 Å². The van der Waals surface area contributed by atoms with Crippen molar-refractivity contribution in [3.63, 3.8) is 0 Å². The quantitative estimate of drug-likeness (QED) is 0.773.